The van der Waals surface area contributed by atoms with E-state index in [1.54, 1.807) is 6.07 Å². The molecule has 4 aromatic rings. The summed E-state index contributed by atoms with van der Waals surface area (Å²) in [5.74, 6) is 1.11. The Hall–Kier alpha value is -3.29. The van der Waals surface area contributed by atoms with Crippen LogP contribution in [0.15, 0.2) is 90.1 Å². The highest BCUT2D eigenvalue weighted by Gasteiger charge is 2.26. The van der Waals surface area contributed by atoms with Crippen LogP contribution in [0.2, 0.25) is 5.02 Å². The zero-order valence-corrected chi connectivity index (χ0v) is 20.5. The van der Waals surface area contributed by atoms with Crippen LogP contribution in [0.1, 0.15) is 32.2 Å². The zero-order valence-electron chi connectivity index (χ0n) is 18.9. The number of halogens is 1. The maximum absolute atomic E-state index is 13.0. The van der Waals surface area contributed by atoms with Crippen molar-refractivity contribution in [3.63, 3.8) is 0 Å². The molecule has 8 heteroatoms. The molecule has 0 bridgehead atoms. The molecular weight excluding hydrogens is 468 g/mol. The number of para-hydroxylation sites is 3. The van der Waals surface area contributed by atoms with Crippen molar-refractivity contribution in [2.45, 2.75) is 36.8 Å². The van der Waals surface area contributed by atoms with Crippen molar-refractivity contribution >= 4 is 35.0 Å². The van der Waals surface area contributed by atoms with Gasteiger partial charge >= 0.3 is 0 Å². The Morgan fingerprint density at radius 3 is 2.32 bits per heavy atom. The van der Waals surface area contributed by atoms with Gasteiger partial charge in [0, 0.05) is 11.4 Å². The molecular formula is C26H25ClN4O2S. The molecule has 34 heavy (non-hydrogen) atoms. The lowest BCUT2D eigenvalue weighted by Crippen LogP contribution is -2.25. The van der Waals surface area contributed by atoms with Crippen LogP contribution in [0, 0.1) is 0 Å². The van der Waals surface area contributed by atoms with Gasteiger partial charge in [-0.1, -0.05) is 78.8 Å². The molecule has 0 radical (unpaired) electrons. The maximum Gasteiger partial charge on any atom is 0.237 e. The van der Waals surface area contributed by atoms with Crippen LogP contribution in [0.25, 0.3) is 5.69 Å². The number of amides is 1. The Morgan fingerprint density at radius 1 is 1.00 bits per heavy atom. The van der Waals surface area contributed by atoms with Gasteiger partial charge in [-0.25, -0.2) is 0 Å². The molecule has 6 nitrogen and oxygen atoms in total. The summed E-state index contributed by atoms with van der Waals surface area (Å²) in [5, 5.41) is 12.7. The fourth-order valence-electron chi connectivity index (χ4n) is 3.42. The Morgan fingerprint density at radius 2 is 1.65 bits per heavy atom. The number of carbonyl (C=O) groups excluding carboxylic acids is 1. The minimum absolute atomic E-state index is 0.0803. The molecule has 4 rings (SSSR count). The van der Waals surface area contributed by atoms with Crippen molar-refractivity contribution in [1.82, 2.24) is 14.8 Å². The normalized spacial score (nSPS) is 12.7. The average molecular weight is 493 g/mol. The number of hydrogen-bond acceptors (Lipinski definition) is 5. The van der Waals surface area contributed by atoms with Crippen LogP contribution in [0.5, 0.6) is 5.75 Å². The molecule has 0 saturated heterocycles. The van der Waals surface area contributed by atoms with Gasteiger partial charge < -0.3 is 10.1 Å². The summed E-state index contributed by atoms with van der Waals surface area (Å²) < 4.78 is 8.06. The van der Waals surface area contributed by atoms with Crippen molar-refractivity contribution in [3.05, 3.63) is 95.8 Å². The van der Waals surface area contributed by atoms with E-state index >= 15 is 0 Å². The van der Waals surface area contributed by atoms with Crippen molar-refractivity contribution < 1.29 is 9.53 Å². The maximum atomic E-state index is 13.0. The van der Waals surface area contributed by atoms with Crippen molar-refractivity contribution in [1.29, 1.82) is 0 Å². The Kier molecular flexibility index (Phi) is 7.87. The number of thioether (sulfide) groups is 1. The first kappa shape index (κ1) is 23.9. The fourth-order valence-corrected chi connectivity index (χ4v) is 4.58. The van der Waals surface area contributed by atoms with Crippen LogP contribution >= 0.6 is 23.4 Å². The monoisotopic (exact) mass is 492 g/mol. The molecule has 1 heterocycles. The molecule has 2 unspecified atom stereocenters. The van der Waals surface area contributed by atoms with Gasteiger partial charge in [-0.3, -0.25) is 9.36 Å². The van der Waals surface area contributed by atoms with E-state index < -0.39 is 6.10 Å². The Labute approximate surface area is 208 Å². The second kappa shape index (κ2) is 11.2. The fraction of sp³-hybridized carbons (Fsp3) is 0.192. The lowest BCUT2D eigenvalue weighted by molar-refractivity contribution is -0.115. The van der Waals surface area contributed by atoms with Gasteiger partial charge in [0.1, 0.15) is 5.75 Å². The highest BCUT2D eigenvalue weighted by molar-refractivity contribution is 8.00. The third-order valence-electron chi connectivity index (χ3n) is 5.13. The van der Waals surface area contributed by atoms with Gasteiger partial charge in [0.05, 0.1) is 10.3 Å². The van der Waals surface area contributed by atoms with Crippen LogP contribution in [-0.4, -0.2) is 25.9 Å². The van der Waals surface area contributed by atoms with Gasteiger partial charge in [0.15, 0.2) is 17.1 Å². The van der Waals surface area contributed by atoms with Crippen molar-refractivity contribution in [2.24, 2.45) is 0 Å². The molecule has 0 saturated carbocycles. The third-order valence-corrected chi connectivity index (χ3v) is 6.75. The second-order valence-corrected chi connectivity index (χ2v) is 9.15. The molecule has 1 amide bonds. The van der Waals surface area contributed by atoms with E-state index in [9.17, 15) is 4.79 Å². The summed E-state index contributed by atoms with van der Waals surface area (Å²) in [6.07, 6.45) is 0.201. The first-order chi connectivity index (χ1) is 16.6. The number of rotatable bonds is 9. The number of benzene rings is 3. The number of ether oxygens (including phenoxy) is 1. The first-order valence-electron chi connectivity index (χ1n) is 11.0. The van der Waals surface area contributed by atoms with E-state index in [0.29, 0.717) is 28.2 Å². The smallest absolute Gasteiger partial charge is 0.237 e. The SMILES string of the molecule is CCC(Sc1nnc(C(C)Oc2ccccc2Cl)n1-c1ccccc1)C(=O)Nc1ccccc1. The summed E-state index contributed by atoms with van der Waals surface area (Å²) in [6, 6.07) is 26.6. The van der Waals surface area contributed by atoms with E-state index in [1.807, 2.05) is 97.3 Å². The number of nitrogens with one attached hydrogen (secondary N) is 1. The quantitative estimate of drug-likeness (QED) is 0.267. The molecule has 0 aliphatic heterocycles. The topological polar surface area (TPSA) is 69.0 Å². The molecule has 0 aliphatic rings. The molecule has 174 valence electrons. The lowest BCUT2D eigenvalue weighted by Gasteiger charge is -2.18. The van der Waals surface area contributed by atoms with E-state index in [-0.39, 0.29) is 11.2 Å². The Bertz CT molecular complexity index is 1230. The number of nitrogens with zero attached hydrogens (tertiary/aromatic N) is 3. The average Bonchev–Trinajstić information content (AvgIpc) is 3.29. The van der Waals surface area contributed by atoms with E-state index in [2.05, 4.69) is 15.5 Å². The molecule has 0 spiro atoms. The number of hydrogen-bond donors (Lipinski definition) is 1. The number of aromatic nitrogens is 3. The van der Waals surface area contributed by atoms with Gasteiger partial charge in [0.25, 0.3) is 0 Å². The van der Waals surface area contributed by atoms with E-state index in [1.165, 1.54) is 11.8 Å². The van der Waals surface area contributed by atoms with Crippen molar-refractivity contribution in [2.75, 3.05) is 5.32 Å². The second-order valence-electron chi connectivity index (χ2n) is 7.57. The minimum Gasteiger partial charge on any atom is -0.481 e. The molecule has 3 aromatic carbocycles. The van der Waals surface area contributed by atoms with Crippen LogP contribution in [-0.2, 0) is 4.79 Å². The first-order valence-corrected chi connectivity index (χ1v) is 12.3. The van der Waals surface area contributed by atoms with Crippen LogP contribution in [0.3, 0.4) is 0 Å². The molecule has 1 N–H and O–H groups in total. The van der Waals surface area contributed by atoms with Crippen LogP contribution < -0.4 is 10.1 Å². The summed E-state index contributed by atoms with van der Waals surface area (Å²) in [5.41, 5.74) is 1.65. The molecule has 0 aliphatic carbocycles. The molecule has 2 atom stereocenters. The minimum atomic E-state index is -0.430. The summed E-state index contributed by atoms with van der Waals surface area (Å²) in [7, 11) is 0. The largest absolute Gasteiger partial charge is 0.481 e. The van der Waals surface area contributed by atoms with Gasteiger partial charge in [0.2, 0.25) is 5.91 Å². The summed E-state index contributed by atoms with van der Waals surface area (Å²) in [6.45, 7) is 3.89. The van der Waals surface area contributed by atoms with Gasteiger partial charge in [-0.05, 0) is 49.7 Å². The lowest BCUT2D eigenvalue weighted by atomic mass is 10.3. The highest BCUT2D eigenvalue weighted by atomic mass is 35.5. The highest BCUT2D eigenvalue weighted by Crippen LogP contribution is 2.33. The third kappa shape index (κ3) is 5.61. The van der Waals surface area contributed by atoms with Crippen molar-refractivity contribution in [3.8, 4) is 11.4 Å². The van der Waals surface area contributed by atoms with E-state index in [0.717, 1.165) is 11.4 Å². The summed E-state index contributed by atoms with van der Waals surface area (Å²) >= 11 is 7.67. The van der Waals surface area contributed by atoms with E-state index in [4.69, 9.17) is 16.3 Å². The van der Waals surface area contributed by atoms with Crippen LogP contribution in [0.4, 0.5) is 5.69 Å². The zero-order chi connectivity index (χ0) is 23.9. The predicted molar refractivity (Wildman–Crippen MR) is 137 cm³/mol. The number of carbonyl (C=O) groups is 1. The van der Waals surface area contributed by atoms with Gasteiger partial charge in [-0.15, -0.1) is 10.2 Å². The number of anilines is 1. The Balaban J connectivity index is 1.62. The summed E-state index contributed by atoms with van der Waals surface area (Å²) in [4.78, 5) is 13.0. The standard InChI is InChI=1S/C26H25ClN4O2S/c1-3-23(25(32)28-19-12-6-4-7-13-19)34-26-30-29-24(31(26)20-14-8-5-9-15-20)18(2)33-22-17-11-10-16-21(22)27/h4-18,23H,3H2,1-2H3,(H,28,32). The predicted octanol–water partition coefficient (Wildman–Crippen LogP) is 6.57. The van der Waals surface area contributed by atoms with Gasteiger partial charge in [-0.2, -0.15) is 0 Å². The molecule has 1 aromatic heterocycles. The molecule has 0 fully saturated rings.